The number of nitrogens with one attached hydrogen (secondary N) is 3. The average Bonchev–Trinajstić information content (AvgIpc) is 3.48. The normalized spacial score (nSPS) is 13.1. The largest absolute Gasteiger partial charge is 0.360 e. The molecule has 230 valence electrons. The van der Waals surface area contributed by atoms with Gasteiger partial charge in [0.25, 0.3) is 0 Å². The van der Waals surface area contributed by atoms with Crippen molar-refractivity contribution in [1.29, 1.82) is 0 Å². The molecule has 0 radical (unpaired) electrons. The van der Waals surface area contributed by atoms with Gasteiger partial charge in [-0.3, -0.25) is 19.6 Å². The first kappa shape index (κ1) is 32.4. The van der Waals surface area contributed by atoms with Crippen LogP contribution in [0.15, 0.2) is 97.7 Å². The number of aromatic amines is 1. The van der Waals surface area contributed by atoms with Gasteiger partial charge in [0.15, 0.2) is 5.78 Å². The average molecular weight is 594 g/mol. The van der Waals surface area contributed by atoms with Crippen molar-refractivity contribution in [1.82, 2.24) is 15.8 Å². The number of benzene rings is 3. The van der Waals surface area contributed by atoms with Crippen LogP contribution in [0.3, 0.4) is 0 Å². The number of carbonyl (C=O) groups is 3. The topological polar surface area (TPSA) is 111 Å². The fourth-order valence-electron chi connectivity index (χ4n) is 5.84. The number of aromatic nitrogens is 1. The Labute approximate surface area is 259 Å². The van der Waals surface area contributed by atoms with Gasteiger partial charge in [0.05, 0.1) is 12.0 Å². The number of Topliss-reactive ketones (excluding diaryl/α,β-unsaturated/α-hetero) is 1. The second kappa shape index (κ2) is 16.4. The minimum absolute atomic E-state index is 0.201. The summed E-state index contributed by atoms with van der Waals surface area (Å²) in [7, 11) is 0. The van der Waals surface area contributed by atoms with Crippen LogP contribution in [-0.2, 0) is 22.4 Å². The van der Waals surface area contributed by atoms with E-state index in [2.05, 4.69) is 48.1 Å². The fraction of sp³-hybridized carbons (Fsp3) is 0.324. The van der Waals surface area contributed by atoms with E-state index in [1.807, 2.05) is 54.6 Å². The van der Waals surface area contributed by atoms with Crippen molar-refractivity contribution < 1.29 is 19.6 Å². The lowest BCUT2D eigenvalue weighted by Crippen LogP contribution is -2.48. The van der Waals surface area contributed by atoms with E-state index in [1.165, 1.54) is 11.1 Å². The van der Waals surface area contributed by atoms with Gasteiger partial charge in [0.2, 0.25) is 11.8 Å². The SMILES string of the molecule is C=CCCC[C@H](C(=O)NO)[C@@H](CCCCc1ccc(C)cc1)C(=O)N[C@@H](Cc1ccccc1)C(=O)c1c[nH]c2ccccc12. The van der Waals surface area contributed by atoms with Gasteiger partial charge in [0.1, 0.15) is 0 Å². The van der Waals surface area contributed by atoms with E-state index in [1.54, 1.807) is 17.8 Å². The molecule has 4 N–H and O–H groups in total. The molecular formula is C37H43N3O4. The highest BCUT2D eigenvalue weighted by molar-refractivity contribution is 6.11. The van der Waals surface area contributed by atoms with Crippen molar-refractivity contribution in [2.24, 2.45) is 11.8 Å². The van der Waals surface area contributed by atoms with Crippen molar-refractivity contribution in [2.45, 2.75) is 64.3 Å². The van der Waals surface area contributed by atoms with E-state index in [4.69, 9.17) is 0 Å². The Morgan fingerprint density at radius 3 is 2.25 bits per heavy atom. The molecule has 4 aromatic rings. The molecule has 0 saturated carbocycles. The van der Waals surface area contributed by atoms with Crippen LogP contribution >= 0.6 is 0 Å². The number of fused-ring (bicyclic) bond motifs is 1. The minimum Gasteiger partial charge on any atom is -0.360 e. The van der Waals surface area contributed by atoms with Gasteiger partial charge in [-0.2, -0.15) is 0 Å². The fourth-order valence-corrected chi connectivity index (χ4v) is 5.84. The maximum absolute atomic E-state index is 14.1. The number of para-hydroxylation sites is 1. The third-order valence-corrected chi connectivity index (χ3v) is 8.31. The van der Waals surface area contributed by atoms with Gasteiger partial charge in [0, 0.05) is 35.0 Å². The van der Waals surface area contributed by atoms with Crippen LogP contribution in [0.1, 0.15) is 65.6 Å². The molecule has 0 saturated heterocycles. The van der Waals surface area contributed by atoms with Crippen LogP contribution in [0.2, 0.25) is 0 Å². The molecule has 0 spiro atoms. The third kappa shape index (κ3) is 8.77. The molecule has 1 heterocycles. The van der Waals surface area contributed by atoms with Crippen LogP contribution in [-0.4, -0.2) is 33.8 Å². The maximum atomic E-state index is 14.1. The number of hydrogen-bond acceptors (Lipinski definition) is 4. The van der Waals surface area contributed by atoms with E-state index in [0.717, 1.165) is 29.3 Å². The summed E-state index contributed by atoms with van der Waals surface area (Å²) in [5.74, 6) is -2.62. The second-order valence-corrected chi connectivity index (χ2v) is 11.5. The first-order valence-corrected chi connectivity index (χ1v) is 15.5. The van der Waals surface area contributed by atoms with E-state index >= 15 is 0 Å². The molecule has 0 fully saturated rings. The van der Waals surface area contributed by atoms with Crippen molar-refractivity contribution >= 4 is 28.5 Å². The highest BCUT2D eigenvalue weighted by Crippen LogP contribution is 2.27. The zero-order valence-corrected chi connectivity index (χ0v) is 25.4. The number of rotatable bonds is 17. The van der Waals surface area contributed by atoms with Gasteiger partial charge in [-0.15, -0.1) is 6.58 Å². The number of unbranched alkanes of at least 4 members (excludes halogenated alkanes) is 2. The van der Waals surface area contributed by atoms with Gasteiger partial charge in [-0.1, -0.05) is 90.9 Å². The Bertz CT molecular complexity index is 1530. The lowest BCUT2D eigenvalue weighted by atomic mass is 9.82. The molecule has 4 rings (SSSR count). The van der Waals surface area contributed by atoms with Crippen LogP contribution in [0.4, 0.5) is 0 Å². The Morgan fingerprint density at radius 2 is 1.52 bits per heavy atom. The Hall–Kier alpha value is -4.49. The molecule has 0 unspecified atom stereocenters. The number of hydrogen-bond donors (Lipinski definition) is 4. The summed E-state index contributed by atoms with van der Waals surface area (Å²) in [5.41, 5.74) is 6.48. The van der Waals surface area contributed by atoms with Crippen molar-refractivity contribution in [2.75, 3.05) is 0 Å². The van der Waals surface area contributed by atoms with E-state index < -0.39 is 23.8 Å². The van der Waals surface area contributed by atoms with Crippen molar-refractivity contribution in [3.63, 3.8) is 0 Å². The number of amides is 2. The zero-order valence-electron chi connectivity index (χ0n) is 25.4. The molecule has 0 aliphatic heterocycles. The Kier molecular flexibility index (Phi) is 12.1. The van der Waals surface area contributed by atoms with Crippen LogP contribution < -0.4 is 10.8 Å². The molecule has 44 heavy (non-hydrogen) atoms. The summed E-state index contributed by atoms with van der Waals surface area (Å²) >= 11 is 0. The van der Waals surface area contributed by atoms with Gasteiger partial charge < -0.3 is 10.3 Å². The molecule has 0 aliphatic carbocycles. The van der Waals surface area contributed by atoms with Crippen LogP contribution in [0.5, 0.6) is 0 Å². The number of carbonyl (C=O) groups excluding carboxylic acids is 3. The minimum atomic E-state index is -0.842. The number of ketones is 1. The van der Waals surface area contributed by atoms with Gasteiger partial charge in [-0.25, -0.2) is 5.48 Å². The first-order chi connectivity index (χ1) is 21.4. The van der Waals surface area contributed by atoms with Crippen LogP contribution in [0.25, 0.3) is 10.9 Å². The monoisotopic (exact) mass is 593 g/mol. The summed E-state index contributed by atoms with van der Waals surface area (Å²) in [6.07, 6.45) is 8.38. The maximum Gasteiger partial charge on any atom is 0.247 e. The molecular weight excluding hydrogens is 550 g/mol. The molecule has 2 amide bonds. The third-order valence-electron chi connectivity index (χ3n) is 8.31. The first-order valence-electron chi connectivity index (χ1n) is 15.5. The summed E-state index contributed by atoms with van der Waals surface area (Å²) in [5, 5.41) is 13.5. The molecule has 0 bridgehead atoms. The number of allylic oxidation sites excluding steroid dienone is 1. The molecule has 3 atom stereocenters. The predicted molar refractivity (Wildman–Crippen MR) is 174 cm³/mol. The highest BCUT2D eigenvalue weighted by Gasteiger charge is 2.35. The number of H-pyrrole nitrogens is 1. The molecule has 7 nitrogen and oxygen atoms in total. The molecule has 1 aromatic heterocycles. The number of aryl methyl sites for hydroxylation is 2. The van der Waals surface area contributed by atoms with Gasteiger partial charge in [-0.05, 0) is 62.6 Å². The second-order valence-electron chi connectivity index (χ2n) is 11.5. The molecule has 7 heteroatoms. The summed E-state index contributed by atoms with van der Waals surface area (Å²) in [6.45, 7) is 5.83. The van der Waals surface area contributed by atoms with Crippen LogP contribution in [0, 0.1) is 18.8 Å². The highest BCUT2D eigenvalue weighted by atomic mass is 16.5. The van der Waals surface area contributed by atoms with Gasteiger partial charge >= 0.3 is 0 Å². The van der Waals surface area contributed by atoms with Crippen molar-refractivity contribution in [3.05, 3.63) is 120 Å². The number of hydroxylamine groups is 1. The summed E-state index contributed by atoms with van der Waals surface area (Å²) in [4.78, 5) is 44.3. The lowest BCUT2D eigenvalue weighted by Gasteiger charge is -2.27. The molecule has 0 aliphatic rings. The Balaban J connectivity index is 1.58. The van der Waals surface area contributed by atoms with E-state index in [-0.39, 0.29) is 11.7 Å². The summed E-state index contributed by atoms with van der Waals surface area (Å²) < 4.78 is 0. The summed E-state index contributed by atoms with van der Waals surface area (Å²) in [6, 6.07) is 24.7. The van der Waals surface area contributed by atoms with E-state index in [9.17, 15) is 19.6 Å². The standard InChI is InChI=1S/C37H43N3O4/c1-3-4-6-17-31(37(43)40-44)30(18-10-9-13-27-22-20-26(2)21-23-27)36(42)39-34(24-28-14-7-5-8-15-28)35(41)32-25-38-33-19-12-11-16-29(32)33/h3,5,7-8,11-12,14-16,19-23,25,30-31,34,38,44H,1,4,6,9-10,13,17-18,24H2,2H3,(H,39,42)(H,40,43)/t30-,31+,34+/m1/s1. The quantitative estimate of drug-likeness (QED) is 0.0351. The predicted octanol–water partition coefficient (Wildman–Crippen LogP) is 6.89. The van der Waals surface area contributed by atoms with E-state index in [0.29, 0.717) is 44.1 Å². The smallest absolute Gasteiger partial charge is 0.247 e. The lowest BCUT2D eigenvalue weighted by molar-refractivity contribution is -0.141. The Morgan fingerprint density at radius 1 is 0.841 bits per heavy atom. The zero-order chi connectivity index (χ0) is 31.3. The van der Waals surface area contributed by atoms with Crippen molar-refractivity contribution in [3.8, 4) is 0 Å². The molecule has 3 aromatic carbocycles.